The van der Waals surface area contributed by atoms with E-state index in [2.05, 4.69) is 0 Å². The van der Waals surface area contributed by atoms with Gasteiger partial charge in [-0.1, -0.05) is 36.4 Å². The molecule has 0 bridgehead atoms. The SMILES string of the molecule is CCOc1ccccc1O[Si](CCCl)(Oc1ccccc1OCC)Oc1ccccc1OCC. The molecule has 0 unspecified atom stereocenters. The lowest BCUT2D eigenvalue weighted by atomic mass is 10.3. The van der Waals surface area contributed by atoms with Gasteiger partial charge >= 0.3 is 8.80 Å². The molecule has 0 aliphatic rings. The second kappa shape index (κ2) is 13.0. The highest BCUT2D eigenvalue weighted by Crippen LogP contribution is 2.37. The minimum atomic E-state index is -3.57. The maximum atomic E-state index is 6.57. The summed E-state index contributed by atoms with van der Waals surface area (Å²) in [6.07, 6.45) is 0. The Balaban J connectivity index is 2.09. The average molecular weight is 503 g/mol. The Bertz CT molecular complexity index is 906. The topological polar surface area (TPSA) is 55.4 Å². The van der Waals surface area contributed by atoms with Gasteiger partial charge in [-0.3, -0.25) is 0 Å². The second-order valence-corrected chi connectivity index (χ2v) is 9.92. The fourth-order valence-corrected chi connectivity index (χ4v) is 6.13. The van der Waals surface area contributed by atoms with Crippen molar-refractivity contribution in [3.05, 3.63) is 72.8 Å². The van der Waals surface area contributed by atoms with Gasteiger partial charge in [0, 0.05) is 5.88 Å². The molecule has 3 aromatic carbocycles. The highest BCUT2D eigenvalue weighted by atomic mass is 35.5. The van der Waals surface area contributed by atoms with Crippen LogP contribution in [0.2, 0.25) is 6.04 Å². The first kappa shape index (κ1) is 25.6. The summed E-state index contributed by atoms with van der Waals surface area (Å²) in [5, 5.41) is 0. The molecule has 0 spiro atoms. The molecule has 0 aliphatic heterocycles. The normalized spacial score (nSPS) is 10.9. The molecule has 0 saturated carbocycles. The molecule has 0 fully saturated rings. The smallest absolute Gasteiger partial charge is 0.490 e. The van der Waals surface area contributed by atoms with E-state index in [-0.39, 0.29) is 5.88 Å². The van der Waals surface area contributed by atoms with Gasteiger partial charge in [0.2, 0.25) is 0 Å². The summed E-state index contributed by atoms with van der Waals surface area (Å²) >= 11 is 6.29. The summed E-state index contributed by atoms with van der Waals surface area (Å²) in [7, 11) is -3.57. The van der Waals surface area contributed by atoms with Crippen LogP contribution in [0, 0.1) is 0 Å². The molecular weight excluding hydrogens is 472 g/mol. The Morgan fingerprint density at radius 2 is 0.824 bits per heavy atom. The molecule has 0 amide bonds. The lowest BCUT2D eigenvalue weighted by Gasteiger charge is -2.31. The van der Waals surface area contributed by atoms with Crippen LogP contribution >= 0.6 is 11.6 Å². The van der Waals surface area contributed by atoms with Crippen LogP contribution in [0.1, 0.15) is 20.8 Å². The van der Waals surface area contributed by atoms with Crippen LogP contribution in [0.15, 0.2) is 72.8 Å². The number of rotatable bonds is 14. The highest BCUT2D eigenvalue weighted by molar-refractivity contribution is 6.64. The number of hydrogen-bond donors (Lipinski definition) is 0. The van der Waals surface area contributed by atoms with E-state index in [9.17, 15) is 0 Å². The highest BCUT2D eigenvalue weighted by Gasteiger charge is 2.50. The molecule has 0 aliphatic carbocycles. The molecule has 6 nitrogen and oxygen atoms in total. The fourth-order valence-electron chi connectivity index (χ4n) is 3.26. The van der Waals surface area contributed by atoms with Crippen molar-refractivity contribution in [2.45, 2.75) is 26.8 Å². The molecule has 0 radical (unpaired) electrons. The summed E-state index contributed by atoms with van der Waals surface area (Å²) in [4.78, 5) is 0. The number of benzene rings is 3. The van der Waals surface area contributed by atoms with E-state index in [1.165, 1.54) is 0 Å². The summed E-state index contributed by atoms with van der Waals surface area (Å²) in [6, 6.07) is 22.7. The van der Waals surface area contributed by atoms with E-state index in [1.807, 2.05) is 93.6 Å². The van der Waals surface area contributed by atoms with Crippen molar-refractivity contribution in [1.82, 2.24) is 0 Å². The third kappa shape index (κ3) is 6.74. The maximum Gasteiger partial charge on any atom is 0.700 e. The molecular formula is C26H31ClO6Si. The zero-order valence-corrected chi connectivity index (χ0v) is 21.5. The zero-order valence-electron chi connectivity index (χ0n) is 19.8. The van der Waals surface area contributed by atoms with Gasteiger partial charge in [0.1, 0.15) is 0 Å². The molecule has 3 aromatic rings. The second-order valence-electron chi connectivity index (χ2n) is 7.07. The van der Waals surface area contributed by atoms with Crippen molar-refractivity contribution < 1.29 is 27.5 Å². The minimum absolute atomic E-state index is 0.261. The van der Waals surface area contributed by atoms with E-state index in [4.69, 9.17) is 39.1 Å². The van der Waals surface area contributed by atoms with E-state index in [0.717, 1.165) is 0 Å². The number of ether oxygens (including phenoxy) is 3. The van der Waals surface area contributed by atoms with Crippen molar-refractivity contribution in [2.24, 2.45) is 0 Å². The van der Waals surface area contributed by atoms with Gasteiger partial charge in [0.15, 0.2) is 34.5 Å². The van der Waals surface area contributed by atoms with Gasteiger partial charge in [0.25, 0.3) is 0 Å². The standard InChI is InChI=1S/C26H31ClO6Si/c1-4-28-21-13-7-10-16-24(21)31-34(20-19-27,32-25-17-11-8-14-22(25)29-5-2)33-26-18-12-9-15-23(26)30-6-3/h7-18H,4-6,19-20H2,1-3H3. The van der Waals surface area contributed by atoms with Crippen LogP contribution in [0.5, 0.6) is 34.5 Å². The van der Waals surface area contributed by atoms with Gasteiger partial charge in [-0.2, -0.15) is 0 Å². The van der Waals surface area contributed by atoms with Gasteiger partial charge in [-0.05, 0) is 57.2 Å². The van der Waals surface area contributed by atoms with Gasteiger partial charge in [-0.15, -0.1) is 11.6 Å². The first-order valence-electron chi connectivity index (χ1n) is 11.4. The van der Waals surface area contributed by atoms with Crippen molar-refractivity contribution in [2.75, 3.05) is 25.7 Å². The molecule has 8 heteroatoms. The molecule has 0 heterocycles. The van der Waals surface area contributed by atoms with Crippen molar-refractivity contribution >= 4 is 20.4 Å². The molecule has 0 aromatic heterocycles. The van der Waals surface area contributed by atoms with Gasteiger partial charge in [0.05, 0.1) is 25.9 Å². The Morgan fingerprint density at radius 1 is 0.529 bits per heavy atom. The molecule has 182 valence electrons. The minimum Gasteiger partial charge on any atom is -0.490 e. The molecule has 34 heavy (non-hydrogen) atoms. The first-order chi connectivity index (χ1) is 16.6. The first-order valence-corrected chi connectivity index (χ1v) is 13.9. The quantitative estimate of drug-likeness (QED) is 0.183. The largest absolute Gasteiger partial charge is 0.700 e. The van der Waals surface area contributed by atoms with Gasteiger partial charge < -0.3 is 27.5 Å². The van der Waals surface area contributed by atoms with Crippen LogP contribution in [-0.4, -0.2) is 34.5 Å². The lowest BCUT2D eigenvalue weighted by molar-refractivity contribution is 0.235. The number of hydrogen-bond acceptors (Lipinski definition) is 6. The summed E-state index contributed by atoms with van der Waals surface area (Å²) in [6.45, 7) is 7.24. The van der Waals surface area contributed by atoms with E-state index in [0.29, 0.717) is 60.4 Å². The number of alkyl halides is 1. The van der Waals surface area contributed by atoms with Crippen LogP contribution < -0.4 is 27.5 Å². The van der Waals surface area contributed by atoms with Crippen molar-refractivity contribution in [3.8, 4) is 34.5 Å². The van der Waals surface area contributed by atoms with E-state index < -0.39 is 8.80 Å². The van der Waals surface area contributed by atoms with Crippen molar-refractivity contribution in [1.29, 1.82) is 0 Å². The predicted octanol–water partition coefficient (Wildman–Crippen LogP) is 6.60. The van der Waals surface area contributed by atoms with Crippen LogP contribution in [0.3, 0.4) is 0 Å². The summed E-state index contributed by atoms with van der Waals surface area (Å²) in [5.41, 5.74) is 0. The lowest BCUT2D eigenvalue weighted by Crippen LogP contribution is -2.55. The maximum absolute atomic E-state index is 6.57. The third-order valence-corrected chi connectivity index (χ3v) is 7.61. The average Bonchev–Trinajstić information content (AvgIpc) is 2.84. The Labute approximate surface area is 207 Å². The summed E-state index contributed by atoms with van der Waals surface area (Å²) in [5.74, 6) is 3.60. The van der Waals surface area contributed by atoms with Crippen LogP contribution in [0.4, 0.5) is 0 Å². The van der Waals surface area contributed by atoms with Crippen LogP contribution in [-0.2, 0) is 0 Å². The zero-order chi connectivity index (χ0) is 24.2. The molecule has 0 atom stereocenters. The Morgan fingerprint density at radius 3 is 1.09 bits per heavy atom. The number of para-hydroxylation sites is 6. The van der Waals surface area contributed by atoms with Crippen LogP contribution in [0.25, 0.3) is 0 Å². The third-order valence-electron chi connectivity index (χ3n) is 4.64. The number of halogens is 1. The molecule has 0 N–H and O–H groups in total. The Kier molecular flexibility index (Phi) is 9.79. The summed E-state index contributed by atoms with van der Waals surface area (Å²) < 4.78 is 37.1. The Hall–Kier alpha value is -3.03. The van der Waals surface area contributed by atoms with Crippen molar-refractivity contribution in [3.63, 3.8) is 0 Å². The predicted molar refractivity (Wildman–Crippen MR) is 136 cm³/mol. The molecule has 0 saturated heterocycles. The van der Waals surface area contributed by atoms with Gasteiger partial charge in [-0.25, -0.2) is 0 Å². The van der Waals surface area contributed by atoms with E-state index in [1.54, 1.807) is 0 Å². The fraction of sp³-hybridized carbons (Fsp3) is 0.308. The molecule has 3 rings (SSSR count). The monoisotopic (exact) mass is 502 g/mol. The van der Waals surface area contributed by atoms with E-state index >= 15 is 0 Å².